The fraction of sp³-hybridized carbons (Fsp3) is 0.143. The Balaban J connectivity index is 0.000000386. The summed E-state index contributed by atoms with van der Waals surface area (Å²) in [6.45, 7) is 2.12. The van der Waals surface area contributed by atoms with Crippen molar-refractivity contribution in [1.29, 1.82) is 0 Å². The minimum absolute atomic E-state index is 0.777. The van der Waals surface area contributed by atoms with E-state index in [1.165, 1.54) is 16.9 Å². The van der Waals surface area contributed by atoms with Crippen LogP contribution in [0.2, 0.25) is 6.32 Å². The molecule has 2 aromatic rings. The van der Waals surface area contributed by atoms with Crippen LogP contribution in [0.25, 0.3) is 0 Å². The van der Waals surface area contributed by atoms with Crippen molar-refractivity contribution in [2.75, 3.05) is 0 Å². The highest BCUT2D eigenvalue weighted by molar-refractivity contribution is 7.55. The van der Waals surface area contributed by atoms with Gasteiger partial charge in [0.25, 0.3) is 0 Å². The summed E-state index contributed by atoms with van der Waals surface area (Å²) in [5.74, 6) is 0. The average molecular weight is 228 g/mol. The van der Waals surface area contributed by atoms with Gasteiger partial charge in [0.05, 0.1) is 0 Å². The Morgan fingerprint density at radius 1 is 0.812 bits per heavy atom. The van der Waals surface area contributed by atoms with Crippen LogP contribution in [0.1, 0.15) is 6.92 Å². The average Bonchev–Trinajstić information content (AvgIpc) is 2.33. The van der Waals surface area contributed by atoms with E-state index in [0.717, 1.165) is 8.58 Å². The Kier molecular flexibility index (Phi) is 6.61. The fourth-order valence-electron chi connectivity index (χ4n) is 1.21. The number of hydrogen-bond donors (Lipinski definition) is 0. The molecule has 0 radical (unpaired) electrons. The predicted octanol–water partition coefficient (Wildman–Crippen LogP) is 2.37. The molecule has 0 fully saturated rings. The van der Waals surface area contributed by atoms with Crippen LogP contribution in [-0.2, 0) is 0 Å². The Labute approximate surface area is 101 Å². The first-order valence-electron chi connectivity index (χ1n) is 5.74. The summed E-state index contributed by atoms with van der Waals surface area (Å²) in [7, 11) is 2.90. The Morgan fingerprint density at radius 2 is 1.12 bits per heavy atom. The van der Waals surface area contributed by atoms with Crippen LogP contribution in [0.5, 0.6) is 0 Å². The van der Waals surface area contributed by atoms with Crippen molar-refractivity contribution in [2.45, 2.75) is 13.2 Å². The number of rotatable bonds is 2. The van der Waals surface area contributed by atoms with Gasteiger partial charge < -0.3 is 0 Å². The lowest BCUT2D eigenvalue weighted by Gasteiger charge is -2.00. The molecule has 0 aliphatic carbocycles. The smallest absolute Gasteiger partial charge is 0.0838 e. The molecule has 2 aromatic carbocycles. The number of hydrogen-bond acceptors (Lipinski definition) is 0. The highest BCUT2D eigenvalue weighted by atomic mass is 31.1. The molecular weight excluding hydrogens is 210 g/mol. The number of benzene rings is 2. The highest BCUT2D eigenvalue weighted by Crippen LogP contribution is 2.08. The molecule has 2 rings (SSSR count). The standard InChI is InChI=1S/C12H11P.C2H7B/c1-3-7-11(8-4-1)13-12-9-5-2-6-10-12;1-2-3/h1-10,13H;2-3H2,1H3. The van der Waals surface area contributed by atoms with E-state index in [1.54, 1.807) is 0 Å². The molecule has 2 heteroatoms. The summed E-state index contributed by atoms with van der Waals surface area (Å²) in [4.78, 5) is 0. The van der Waals surface area contributed by atoms with E-state index < -0.39 is 0 Å². The van der Waals surface area contributed by atoms with Crippen LogP contribution in [0, 0.1) is 0 Å². The maximum Gasteiger partial charge on any atom is 0.101 e. The maximum absolute atomic E-state index is 2.17. The van der Waals surface area contributed by atoms with Crippen molar-refractivity contribution in [2.24, 2.45) is 0 Å². The fourth-order valence-corrected chi connectivity index (χ4v) is 2.26. The molecule has 0 saturated heterocycles. The van der Waals surface area contributed by atoms with Gasteiger partial charge in [-0.2, -0.15) is 0 Å². The molecule has 0 aliphatic rings. The molecule has 0 saturated carbocycles. The summed E-state index contributed by atoms with van der Waals surface area (Å²) in [6, 6.07) is 21.2. The van der Waals surface area contributed by atoms with E-state index >= 15 is 0 Å². The second kappa shape index (κ2) is 8.13. The van der Waals surface area contributed by atoms with E-state index in [1.807, 2.05) is 0 Å². The van der Waals surface area contributed by atoms with Gasteiger partial charge in [-0.1, -0.05) is 82.5 Å². The van der Waals surface area contributed by atoms with Gasteiger partial charge >= 0.3 is 0 Å². The van der Waals surface area contributed by atoms with E-state index in [9.17, 15) is 0 Å². The Bertz CT molecular complexity index is 335. The summed E-state index contributed by atoms with van der Waals surface area (Å²) >= 11 is 0. The first-order chi connectivity index (χ1) is 7.86. The third-order valence-electron chi connectivity index (χ3n) is 1.84. The van der Waals surface area contributed by atoms with Crippen molar-refractivity contribution in [1.82, 2.24) is 0 Å². The van der Waals surface area contributed by atoms with E-state index in [-0.39, 0.29) is 0 Å². The predicted molar refractivity (Wildman–Crippen MR) is 79.5 cm³/mol. The summed E-state index contributed by atoms with van der Waals surface area (Å²) in [5.41, 5.74) is 0. The first-order valence-corrected chi connectivity index (χ1v) is 6.74. The summed E-state index contributed by atoms with van der Waals surface area (Å²) in [5, 5.41) is 2.79. The van der Waals surface area contributed by atoms with E-state index in [2.05, 4.69) is 75.4 Å². The van der Waals surface area contributed by atoms with Crippen molar-refractivity contribution >= 4 is 27.0 Å². The van der Waals surface area contributed by atoms with Gasteiger partial charge in [0.2, 0.25) is 0 Å². The van der Waals surface area contributed by atoms with E-state index in [4.69, 9.17) is 0 Å². The molecule has 0 heterocycles. The summed E-state index contributed by atoms with van der Waals surface area (Å²) in [6.07, 6.45) is 1.25. The normalized spacial score (nSPS) is 9.06. The quantitative estimate of drug-likeness (QED) is 0.546. The van der Waals surface area contributed by atoms with Crippen molar-refractivity contribution < 1.29 is 0 Å². The molecule has 82 valence electrons. The zero-order chi connectivity index (χ0) is 11.6. The van der Waals surface area contributed by atoms with Gasteiger partial charge in [-0.05, 0) is 10.6 Å². The molecule has 0 aliphatic heterocycles. The van der Waals surface area contributed by atoms with Gasteiger partial charge in [0.15, 0.2) is 0 Å². The third-order valence-corrected chi connectivity index (χ3v) is 3.08. The molecule has 0 spiro atoms. The minimum atomic E-state index is 0.777. The van der Waals surface area contributed by atoms with Crippen LogP contribution in [0.3, 0.4) is 0 Å². The molecule has 0 amide bonds. The third kappa shape index (κ3) is 5.14. The monoisotopic (exact) mass is 228 g/mol. The largest absolute Gasteiger partial charge is 0.101 e. The van der Waals surface area contributed by atoms with Crippen LogP contribution in [0.4, 0.5) is 0 Å². The minimum Gasteiger partial charge on any atom is -0.0838 e. The first kappa shape index (κ1) is 13.0. The Hall–Kier alpha value is -1.07. The van der Waals surface area contributed by atoms with Crippen molar-refractivity contribution in [3.05, 3.63) is 60.7 Å². The van der Waals surface area contributed by atoms with Gasteiger partial charge in [-0.3, -0.25) is 0 Å². The van der Waals surface area contributed by atoms with Gasteiger partial charge in [-0.15, -0.1) is 0 Å². The Morgan fingerprint density at radius 3 is 1.44 bits per heavy atom. The van der Waals surface area contributed by atoms with Gasteiger partial charge in [0, 0.05) is 0 Å². The van der Waals surface area contributed by atoms with Crippen molar-refractivity contribution in [3.8, 4) is 0 Å². The second-order valence-electron chi connectivity index (χ2n) is 3.56. The highest BCUT2D eigenvalue weighted by Gasteiger charge is 1.92. The molecular formula is C14H18BP. The van der Waals surface area contributed by atoms with Gasteiger partial charge in [0.1, 0.15) is 7.85 Å². The second-order valence-corrected chi connectivity index (χ2v) is 4.97. The molecule has 16 heavy (non-hydrogen) atoms. The van der Waals surface area contributed by atoms with Crippen LogP contribution in [0.15, 0.2) is 60.7 Å². The van der Waals surface area contributed by atoms with Crippen LogP contribution in [-0.4, -0.2) is 7.85 Å². The zero-order valence-electron chi connectivity index (χ0n) is 9.98. The molecule has 0 bridgehead atoms. The summed E-state index contributed by atoms with van der Waals surface area (Å²) < 4.78 is 0. The SMILES string of the molecule is BCC.c1ccc(Pc2ccccc2)cc1. The van der Waals surface area contributed by atoms with Gasteiger partial charge in [-0.25, -0.2) is 0 Å². The zero-order valence-corrected chi connectivity index (χ0v) is 11.0. The van der Waals surface area contributed by atoms with Crippen LogP contribution >= 0.6 is 8.58 Å². The lowest BCUT2D eigenvalue weighted by molar-refractivity contribution is 1.48. The molecule has 0 nitrogen and oxygen atoms in total. The molecule has 0 atom stereocenters. The lowest BCUT2D eigenvalue weighted by atomic mass is 10.1. The van der Waals surface area contributed by atoms with E-state index in [0.29, 0.717) is 0 Å². The maximum atomic E-state index is 2.17. The molecule has 0 aromatic heterocycles. The molecule has 0 unspecified atom stereocenters. The van der Waals surface area contributed by atoms with Crippen molar-refractivity contribution in [3.63, 3.8) is 0 Å². The topological polar surface area (TPSA) is 0 Å². The lowest BCUT2D eigenvalue weighted by Crippen LogP contribution is -2.01. The van der Waals surface area contributed by atoms with Crippen LogP contribution < -0.4 is 10.6 Å². The molecule has 0 N–H and O–H groups in total.